The summed E-state index contributed by atoms with van der Waals surface area (Å²) in [5.74, 6) is -0.198. The molecule has 1 heterocycles. The first-order valence-electron chi connectivity index (χ1n) is 34.5. The minimum Gasteiger partial charge on any atom is -0.466 e. The SMILES string of the molecule is C/C=C/CC/C=C/CC/C=C/C(O)C(COC1OC(CO)C(O)C(O)C1O)NC(=O)CCCCCCCCCCCC/C=C\CCCCCCCCCCCCCCOC(=O)CCCCCCCCCCC/C=C\CCCCCCCC. The number of unbranched alkanes of at least 4 members (excludes halogenated alkanes) is 39. The lowest BCUT2D eigenvalue weighted by molar-refractivity contribution is -0.302. The summed E-state index contributed by atoms with van der Waals surface area (Å²) in [6.07, 6.45) is 69.6. The number of amides is 1. The molecular formula is C71H129NO10. The molecule has 82 heavy (non-hydrogen) atoms. The summed E-state index contributed by atoms with van der Waals surface area (Å²) in [5.41, 5.74) is 0. The number of carbonyl (C=O) groups is 2. The topological polar surface area (TPSA) is 175 Å². The molecule has 7 unspecified atom stereocenters. The van der Waals surface area contributed by atoms with Crippen molar-refractivity contribution in [3.05, 3.63) is 60.8 Å². The van der Waals surface area contributed by atoms with E-state index in [-0.39, 0.29) is 18.5 Å². The van der Waals surface area contributed by atoms with Gasteiger partial charge in [0.25, 0.3) is 0 Å². The van der Waals surface area contributed by atoms with E-state index in [0.717, 1.165) is 70.6 Å². The van der Waals surface area contributed by atoms with E-state index in [2.05, 4.69) is 54.8 Å². The van der Waals surface area contributed by atoms with Gasteiger partial charge in [0.15, 0.2) is 6.29 Å². The van der Waals surface area contributed by atoms with E-state index in [1.807, 2.05) is 19.1 Å². The number of aliphatic hydroxyl groups excluding tert-OH is 5. The summed E-state index contributed by atoms with van der Waals surface area (Å²) < 4.78 is 16.7. The van der Waals surface area contributed by atoms with Crippen LogP contribution in [0.15, 0.2) is 60.8 Å². The fraction of sp³-hybridized carbons (Fsp3) is 0.831. The van der Waals surface area contributed by atoms with Crippen LogP contribution < -0.4 is 5.32 Å². The predicted octanol–water partition coefficient (Wildman–Crippen LogP) is 17.3. The molecule has 0 aromatic heterocycles. The van der Waals surface area contributed by atoms with Crippen molar-refractivity contribution in [2.45, 2.75) is 358 Å². The van der Waals surface area contributed by atoms with Crippen LogP contribution in [-0.4, -0.2) is 100 Å². The van der Waals surface area contributed by atoms with E-state index < -0.39 is 49.5 Å². The van der Waals surface area contributed by atoms with Crippen LogP contribution in [0.1, 0.15) is 316 Å². The van der Waals surface area contributed by atoms with Crippen LogP contribution in [0.5, 0.6) is 0 Å². The first-order chi connectivity index (χ1) is 40.2. The van der Waals surface area contributed by atoms with E-state index >= 15 is 0 Å². The molecule has 0 aromatic rings. The van der Waals surface area contributed by atoms with Crippen molar-refractivity contribution in [1.82, 2.24) is 5.32 Å². The van der Waals surface area contributed by atoms with Crippen LogP contribution in [0.3, 0.4) is 0 Å². The van der Waals surface area contributed by atoms with Gasteiger partial charge in [0, 0.05) is 12.8 Å². The molecular weight excluding hydrogens is 1030 g/mol. The third-order valence-corrected chi connectivity index (χ3v) is 16.1. The normalized spacial score (nSPS) is 18.5. The van der Waals surface area contributed by atoms with Crippen molar-refractivity contribution in [3.63, 3.8) is 0 Å². The van der Waals surface area contributed by atoms with E-state index in [9.17, 15) is 35.1 Å². The van der Waals surface area contributed by atoms with Crippen molar-refractivity contribution in [1.29, 1.82) is 0 Å². The minimum atomic E-state index is -1.58. The monoisotopic (exact) mass is 1160 g/mol. The van der Waals surface area contributed by atoms with Gasteiger partial charge in [-0.15, -0.1) is 0 Å². The van der Waals surface area contributed by atoms with Gasteiger partial charge < -0.3 is 45.1 Å². The van der Waals surface area contributed by atoms with E-state index in [1.54, 1.807) is 6.08 Å². The van der Waals surface area contributed by atoms with E-state index in [0.29, 0.717) is 19.4 Å². The van der Waals surface area contributed by atoms with Crippen molar-refractivity contribution < 1.29 is 49.3 Å². The lowest BCUT2D eigenvalue weighted by atomic mass is 9.99. The fourth-order valence-corrected chi connectivity index (χ4v) is 10.7. The minimum absolute atomic E-state index is 0.00295. The van der Waals surface area contributed by atoms with Gasteiger partial charge in [-0.05, 0) is 103 Å². The Bertz CT molecular complexity index is 1550. The maximum atomic E-state index is 13.0. The highest BCUT2D eigenvalue weighted by molar-refractivity contribution is 5.76. The number of nitrogens with one attached hydrogen (secondary N) is 1. The molecule has 1 amide bonds. The molecule has 0 aliphatic carbocycles. The zero-order chi connectivity index (χ0) is 59.5. The molecule has 0 radical (unpaired) electrons. The maximum Gasteiger partial charge on any atom is 0.305 e. The van der Waals surface area contributed by atoms with Crippen molar-refractivity contribution in [3.8, 4) is 0 Å². The average Bonchev–Trinajstić information content (AvgIpc) is 3.48. The maximum absolute atomic E-state index is 13.0. The van der Waals surface area contributed by atoms with Crippen LogP contribution in [-0.2, 0) is 23.8 Å². The van der Waals surface area contributed by atoms with Crippen LogP contribution in [0.4, 0.5) is 0 Å². The second-order valence-corrected chi connectivity index (χ2v) is 23.9. The number of carbonyl (C=O) groups excluding carboxylic acids is 2. The van der Waals surface area contributed by atoms with Crippen LogP contribution in [0, 0.1) is 0 Å². The molecule has 6 N–H and O–H groups in total. The largest absolute Gasteiger partial charge is 0.466 e. The number of hydrogen-bond donors (Lipinski definition) is 6. The highest BCUT2D eigenvalue weighted by Gasteiger charge is 2.44. The first kappa shape index (κ1) is 77.4. The summed E-state index contributed by atoms with van der Waals surface area (Å²) in [7, 11) is 0. The number of rotatable bonds is 60. The summed E-state index contributed by atoms with van der Waals surface area (Å²) in [4.78, 5) is 25.1. The molecule has 1 aliphatic rings. The fourth-order valence-electron chi connectivity index (χ4n) is 10.7. The molecule has 1 saturated heterocycles. The highest BCUT2D eigenvalue weighted by Crippen LogP contribution is 2.23. The molecule has 1 fully saturated rings. The van der Waals surface area contributed by atoms with Gasteiger partial charge in [-0.2, -0.15) is 0 Å². The summed E-state index contributed by atoms with van der Waals surface area (Å²) in [5, 5.41) is 54.2. The smallest absolute Gasteiger partial charge is 0.305 e. The number of hydrogen-bond acceptors (Lipinski definition) is 10. The van der Waals surface area contributed by atoms with Gasteiger partial charge in [-0.25, -0.2) is 0 Å². The number of allylic oxidation sites excluding steroid dienone is 9. The lowest BCUT2D eigenvalue weighted by Gasteiger charge is -2.40. The van der Waals surface area contributed by atoms with Crippen molar-refractivity contribution in [2.75, 3.05) is 19.8 Å². The summed E-state index contributed by atoms with van der Waals surface area (Å²) in [6, 6.07) is -0.836. The number of ether oxygens (including phenoxy) is 3. The Morgan fingerprint density at radius 2 is 0.841 bits per heavy atom. The van der Waals surface area contributed by atoms with Gasteiger partial charge >= 0.3 is 5.97 Å². The standard InChI is InChI=1S/C71H129NO10/c1-3-5-7-9-11-13-14-15-16-17-26-30-33-36-39-43-47-51-55-59-67(76)80-60-56-52-48-44-40-37-34-31-28-25-23-21-19-18-20-22-24-27-29-32-35-38-42-46-50-54-58-66(75)72-63(64(74)57-53-49-45-41-12-10-8-6-4-2)62-81-71-70(79)69(78)68(77)65(61-73)82-71/h4,6,12,15-16,18,20,41,53,57,63-65,68-71,73-74,77-79H,3,5,7-11,13-14,17,19,21-40,42-52,54-56,58-62H2,1-2H3,(H,72,75)/b6-4+,16-15-,20-18-,41-12+,57-53+. The molecule has 478 valence electrons. The second-order valence-electron chi connectivity index (χ2n) is 23.9. The third-order valence-electron chi connectivity index (χ3n) is 16.1. The summed E-state index contributed by atoms with van der Waals surface area (Å²) in [6.45, 7) is 4.10. The summed E-state index contributed by atoms with van der Waals surface area (Å²) >= 11 is 0. The molecule has 0 aromatic carbocycles. The Morgan fingerprint density at radius 1 is 0.463 bits per heavy atom. The Balaban J connectivity index is 1.93. The number of aliphatic hydroxyl groups is 5. The Kier molecular flexibility index (Phi) is 56.7. The molecule has 11 heteroatoms. The molecule has 1 aliphatic heterocycles. The quantitative estimate of drug-likeness (QED) is 0.0195. The molecule has 0 saturated carbocycles. The van der Waals surface area contributed by atoms with Crippen LogP contribution in [0.2, 0.25) is 0 Å². The van der Waals surface area contributed by atoms with Gasteiger partial charge in [0.05, 0.1) is 32.0 Å². The van der Waals surface area contributed by atoms with E-state index in [1.165, 1.54) is 218 Å². The zero-order valence-corrected chi connectivity index (χ0v) is 52.9. The Morgan fingerprint density at radius 3 is 1.28 bits per heavy atom. The van der Waals surface area contributed by atoms with Crippen molar-refractivity contribution in [2.24, 2.45) is 0 Å². The van der Waals surface area contributed by atoms with Crippen LogP contribution in [0.25, 0.3) is 0 Å². The highest BCUT2D eigenvalue weighted by atomic mass is 16.7. The molecule has 0 spiro atoms. The molecule has 11 nitrogen and oxygen atoms in total. The van der Waals surface area contributed by atoms with Crippen molar-refractivity contribution >= 4 is 11.9 Å². The Hall–Kier alpha value is -2.64. The lowest BCUT2D eigenvalue weighted by Crippen LogP contribution is -2.60. The Labute approximate surface area is 503 Å². The van der Waals surface area contributed by atoms with Gasteiger partial charge in [-0.1, -0.05) is 260 Å². The van der Waals surface area contributed by atoms with E-state index in [4.69, 9.17) is 14.2 Å². The predicted molar refractivity (Wildman–Crippen MR) is 343 cm³/mol. The van der Waals surface area contributed by atoms with Gasteiger partial charge in [0.1, 0.15) is 24.4 Å². The van der Waals surface area contributed by atoms with Gasteiger partial charge in [0.2, 0.25) is 5.91 Å². The third kappa shape index (κ3) is 48.6. The van der Waals surface area contributed by atoms with Gasteiger partial charge in [-0.3, -0.25) is 9.59 Å². The van der Waals surface area contributed by atoms with Crippen LogP contribution >= 0.6 is 0 Å². The average molecular weight is 1160 g/mol. The number of esters is 1. The molecule has 0 bridgehead atoms. The first-order valence-corrected chi connectivity index (χ1v) is 34.5. The second kappa shape index (κ2) is 60.1. The zero-order valence-electron chi connectivity index (χ0n) is 52.9. The molecule has 1 rings (SSSR count). The molecule has 7 atom stereocenters.